The molecule has 5 heteroatoms. The molecule has 112 valence electrons. The van der Waals surface area contributed by atoms with Crippen molar-refractivity contribution in [1.82, 2.24) is 15.2 Å². The van der Waals surface area contributed by atoms with Gasteiger partial charge in [0.25, 0.3) is 0 Å². The standard InChI is InChI=1S/C16H21N3O2/c1-11-12(5-8-19-9-6-17-7-10-19)15-13(16(20)21)3-2-4-14(15)18-11/h2-4,17-18H,5-10H2,1H3,(H,20,21). The molecule has 0 aliphatic carbocycles. The van der Waals surface area contributed by atoms with Crippen LogP contribution in [0.5, 0.6) is 0 Å². The van der Waals surface area contributed by atoms with E-state index in [0.29, 0.717) is 5.56 Å². The summed E-state index contributed by atoms with van der Waals surface area (Å²) in [7, 11) is 0. The summed E-state index contributed by atoms with van der Waals surface area (Å²) in [5.41, 5.74) is 3.53. The second-order valence-electron chi connectivity index (χ2n) is 5.60. The van der Waals surface area contributed by atoms with E-state index >= 15 is 0 Å². The van der Waals surface area contributed by atoms with E-state index < -0.39 is 5.97 Å². The van der Waals surface area contributed by atoms with E-state index in [0.717, 1.165) is 61.3 Å². The van der Waals surface area contributed by atoms with Crippen LogP contribution in [0.3, 0.4) is 0 Å². The number of carboxylic acids is 1. The number of nitrogens with one attached hydrogen (secondary N) is 2. The summed E-state index contributed by atoms with van der Waals surface area (Å²) in [5, 5.41) is 13.6. The number of aryl methyl sites for hydroxylation is 1. The van der Waals surface area contributed by atoms with Gasteiger partial charge >= 0.3 is 5.97 Å². The minimum absolute atomic E-state index is 0.396. The quantitative estimate of drug-likeness (QED) is 0.799. The Morgan fingerprint density at radius 2 is 2.10 bits per heavy atom. The Bertz CT molecular complexity index is 657. The molecule has 3 N–H and O–H groups in total. The van der Waals surface area contributed by atoms with Gasteiger partial charge in [0.2, 0.25) is 0 Å². The van der Waals surface area contributed by atoms with Crippen molar-refractivity contribution in [3.05, 3.63) is 35.0 Å². The van der Waals surface area contributed by atoms with Gasteiger partial charge < -0.3 is 20.3 Å². The van der Waals surface area contributed by atoms with Gasteiger partial charge in [0.05, 0.1) is 5.56 Å². The molecular formula is C16H21N3O2. The summed E-state index contributed by atoms with van der Waals surface area (Å²) in [5.74, 6) is -0.858. The predicted octanol–water partition coefficient (Wildman–Crippen LogP) is 1.62. The highest BCUT2D eigenvalue weighted by atomic mass is 16.4. The monoisotopic (exact) mass is 287 g/mol. The van der Waals surface area contributed by atoms with Crippen molar-refractivity contribution in [1.29, 1.82) is 0 Å². The van der Waals surface area contributed by atoms with Gasteiger partial charge in [0, 0.05) is 49.3 Å². The van der Waals surface area contributed by atoms with E-state index in [-0.39, 0.29) is 0 Å². The number of carboxylic acid groups (broad SMARTS) is 1. The van der Waals surface area contributed by atoms with E-state index in [1.807, 2.05) is 13.0 Å². The molecule has 2 aromatic rings. The summed E-state index contributed by atoms with van der Waals surface area (Å²) in [6.07, 6.45) is 0.885. The van der Waals surface area contributed by atoms with Crippen molar-refractivity contribution in [2.24, 2.45) is 0 Å². The van der Waals surface area contributed by atoms with Gasteiger partial charge in [-0.05, 0) is 31.0 Å². The average Bonchev–Trinajstić information content (AvgIpc) is 2.81. The fraction of sp³-hybridized carbons (Fsp3) is 0.438. The second-order valence-corrected chi connectivity index (χ2v) is 5.60. The summed E-state index contributed by atoms with van der Waals surface area (Å²) in [4.78, 5) is 17.2. The minimum Gasteiger partial charge on any atom is -0.478 e. The highest BCUT2D eigenvalue weighted by molar-refractivity contribution is 6.04. The Labute approximate surface area is 124 Å². The molecule has 0 amide bonds. The van der Waals surface area contributed by atoms with Crippen LogP contribution in [0.1, 0.15) is 21.6 Å². The predicted molar refractivity (Wildman–Crippen MR) is 83.0 cm³/mol. The Kier molecular flexibility index (Phi) is 3.94. The molecule has 0 unspecified atom stereocenters. The second kappa shape index (κ2) is 5.87. The zero-order valence-electron chi connectivity index (χ0n) is 12.3. The molecule has 1 aliphatic heterocycles. The van der Waals surface area contributed by atoms with Crippen LogP contribution in [-0.2, 0) is 6.42 Å². The highest BCUT2D eigenvalue weighted by Gasteiger charge is 2.17. The number of benzene rings is 1. The fourth-order valence-electron chi connectivity index (χ4n) is 3.14. The van der Waals surface area contributed by atoms with Gasteiger partial charge in [-0.2, -0.15) is 0 Å². The van der Waals surface area contributed by atoms with Gasteiger partial charge in [-0.25, -0.2) is 4.79 Å². The molecule has 3 rings (SSSR count). The number of carbonyl (C=O) groups is 1. The largest absolute Gasteiger partial charge is 0.478 e. The summed E-state index contributed by atoms with van der Waals surface area (Å²) < 4.78 is 0. The first-order chi connectivity index (χ1) is 10.2. The van der Waals surface area contributed by atoms with E-state index in [4.69, 9.17) is 0 Å². The Hall–Kier alpha value is -1.85. The van der Waals surface area contributed by atoms with Crippen molar-refractivity contribution >= 4 is 16.9 Å². The van der Waals surface area contributed by atoms with Crippen molar-refractivity contribution in [3.63, 3.8) is 0 Å². The van der Waals surface area contributed by atoms with Crippen molar-refractivity contribution in [2.75, 3.05) is 32.7 Å². The lowest BCUT2D eigenvalue weighted by molar-refractivity contribution is 0.0699. The lowest BCUT2D eigenvalue weighted by Crippen LogP contribution is -2.44. The number of aromatic amines is 1. The number of H-pyrrole nitrogens is 1. The third-order valence-electron chi connectivity index (χ3n) is 4.26. The van der Waals surface area contributed by atoms with E-state index in [1.54, 1.807) is 12.1 Å². The summed E-state index contributed by atoms with van der Waals surface area (Å²) >= 11 is 0. The topological polar surface area (TPSA) is 68.4 Å². The van der Waals surface area contributed by atoms with E-state index in [1.165, 1.54) is 0 Å². The van der Waals surface area contributed by atoms with Crippen LogP contribution in [0.25, 0.3) is 10.9 Å². The zero-order chi connectivity index (χ0) is 14.8. The molecule has 0 saturated carbocycles. The molecule has 0 bridgehead atoms. The van der Waals surface area contributed by atoms with Crippen LogP contribution in [0, 0.1) is 6.92 Å². The molecular weight excluding hydrogens is 266 g/mol. The third kappa shape index (κ3) is 2.80. The lowest BCUT2D eigenvalue weighted by Gasteiger charge is -2.27. The molecule has 21 heavy (non-hydrogen) atoms. The number of piperazine rings is 1. The maximum atomic E-state index is 11.4. The molecule has 1 fully saturated rings. The van der Waals surface area contributed by atoms with Crippen LogP contribution < -0.4 is 5.32 Å². The van der Waals surface area contributed by atoms with Gasteiger partial charge in [-0.1, -0.05) is 6.07 Å². The molecule has 1 saturated heterocycles. The Morgan fingerprint density at radius 1 is 1.33 bits per heavy atom. The average molecular weight is 287 g/mol. The summed E-state index contributed by atoms with van der Waals surface area (Å²) in [6, 6.07) is 5.43. The molecule has 1 aliphatic rings. The first-order valence-corrected chi connectivity index (χ1v) is 7.43. The van der Waals surface area contributed by atoms with Crippen molar-refractivity contribution < 1.29 is 9.90 Å². The first-order valence-electron chi connectivity index (χ1n) is 7.43. The molecule has 1 aromatic heterocycles. The number of rotatable bonds is 4. The Morgan fingerprint density at radius 3 is 2.81 bits per heavy atom. The zero-order valence-corrected chi connectivity index (χ0v) is 12.3. The fourth-order valence-corrected chi connectivity index (χ4v) is 3.14. The number of aromatic nitrogens is 1. The molecule has 0 radical (unpaired) electrons. The number of hydrogen-bond acceptors (Lipinski definition) is 3. The molecule has 2 heterocycles. The van der Waals surface area contributed by atoms with Gasteiger partial charge in [0.15, 0.2) is 0 Å². The van der Waals surface area contributed by atoms with E-state index in [2.05, 4.69) is 15.2 Å². The highest BCUT2D eigenvalue weighted by Crippen LogP contribution is 2.26. The Balaban J connectivity index is 1.89. The first kappa shape index (κ1) is 14.1. The maximum absolute atomic E-state index is 11.4. The van der Waals surface area contributed by atoms with Crippen LogP contribution in [0.15, 0.2) is 18.2 Å². The van der Waals surface area contributed by atoms with Crippen molar-refractivity contribution in [3.8, 4) is 0 Å². The van der Waals surface area contributed by atoms with Crippen molar-refractivity contribution in [2.45, 2.75) is 13.3 Å². The normalized spacial score (nSPS) is 16.4. The molecule has 0 spiro atoms. The number of fused-ring (bicyclic) bond motifs is 1. The lowest BCUT2D eigenvalue weighted by atomic mass is 10.0. The van der Waals surface area contributed by atoms with Crippen LogP contribution in [0.2, 0.25) is 0 Å². The SMILES string of the molecule is Cc1[nH]c2cccc(C(=O)O)c2c1CCN1CCNCC1. The van der Waals surface area contributed by atoms with Crippen LogP contribution in [0.4, 0.5) is 0 Å². The van der Waals surface area contributed by atoms with Gasteiger partial charge in [-0.15, -0.1) is 0 Å². The molecule has 5 nitrogen and oxygen atoms in total. The van der Waals surface area contributed by atoms with Gasteiger partial charge in [-0.3, -0.25) is 0 Å². The molecule has 1 aromatic carbocycles. The summed E-state index contributed by atoms with van der Waals surface area (Å²) in [6.45, 7) is 7.20. The van der Waals surface area contributed by atoms with E-state index in [9.17, 15) is 9.90 Å². The number of nitrogens with zero attached hydrogens (tertiary/aromatic N) is 1. The smallest absolute Gasteiger partial charge is 0.336 e. The molecule has 0 atom stereocenters. The third-order valence-corrected chi connectivity index (χ3v) is 4.26. The maximum Gasteiger partial charge on any atom is 0.336 e. The number of hydrogen-bond donors (Lipinski definition) is 3. The van der Waals surface area contributed by atoms with Crippen LogP contribution in [-0.4, -0.2) is 53.7 Å². The number of aromatic carboxylic acids is 1. The minimum atomic E-state index is -0.858. The van der Waals surface area contributed by atoms with Gasteiger partial charge in [0.1, 0.15) is 0 Å². The van der Waals surface area contributed by atoms with Crippen LogP contribution >= 0.6 is 0 Å².